The summed E-state index contributed by atoms with van der Waals surface area (Å²) in [5.41, 5.74) is 5.31. The summed E-state index contributed by atoms with van der Waals surface area (Å²) < 4.78 is 29.6. The standard InChI is InChI=1S/C24H24IN3O4S/c1-16-13-18(25)9-12-22(16)26-23-14-20(33(30,31)28-19-5-3-2-4-6-19)10-11-21(23)24(29)27-32-15-17-7-8-17/h2-6,9-14,17,26,28H,7-8,15H2,1H3,(H,27,29). The summed E-state index contributed by atoms with van der Waals surface area (Å²) in [6.45, 7) is 2.42. The van der Waals surface area contributed by atoms with E-state index >= 15 is 0 Å². The molecule has 3 aromatic carbocycles. The van der Waals surface area contributed by atoms with Crippen LogP contribution in [0.5, 0.6) is 0 Å². The number of rotatable bonds is 9. The molecule has 0 heterocycles. The van der Waals surface area contributed by atoms with Gasteiger partial charge in [0, 0.05) is 14.9 Å². The topological polar surface area (TPSA) is 96.5 Å². The Hall–Kier alpha value is -2.63. The fourth-order valence-electron chi connectivity index (χ4n) is 3.19. The molecule has 0 unspecified atom stereocenters. The van der Waals surface area contributed by atoms with Crippen molar-refractivity contribution in [3.05, 3.63) is 81.4 Å². The van der Waals surface area contributed by atoms with Crippen molar-refractivity contribution in [1.82, 2.24) is 5.48 Å². The minimum Gasteiger partial charge on any atom is -0.355 e. The van der Waals surface area contributed by atoms with Crippen molar-refractivity contribution < 1.29 is 18.0 Å². The summed E-state index contributed by atoms with van der Waals surface area (Å²) in [5.74, 6) is 0.0511. The first-order chi connectivity index (χ1) is 15.8. The molecule has 0 atom stereocenters. The maximum Gasteiger partial charge on any atom is 0.276 e. The number of hydrogen-bond acceptors (Lipinski definition) is 5. The van der Waals surface area contributed by atoms with Gasteiger partial charge in [0.05, 0.1) is 22.8 Å². The summed E-state index contributed by atoms with van der Waals surface area (Å²) in [5, 5.41) is 3.22. The van der Waals surface area contributed by atoms with Crippen LogP contribution in [0.3, 0.4) is 0 Å². The van der Waals surface area contributed by atoms with E-state index in [0.717, 1.165) is 27.7 Å². The largest absolute Gasteiger partial charge is 0.355 e. The van der Waals surface area contributed by atoms with Gasteiger partial charge in [-0.1, -0.05) is 18.2 Å². The molecule has 7 nitrogen and oxygen atoms in total. The predicted molar refractivity (Wildman–Crippen MR) is 137 cm³/mol. The fraction of sp³-hybridized carbons (Fsp3) is 0.208. The van der Waals surface area contributed by atoms with Crippen LogP contribution in [0.2, 0.25) is 0 Å². The van der Waals surface area contributed by atoms with E-state index in [0.29, 0.717) is 23.9 Å². The quantitative estimate of drug-likeness (QED) is 0.240. The Morgan fingerprint density at radius 3 is 2.48 bits per heavy atom. The molecular weight excluding hydrogens is 553 g/mol. The van der Waals surface area contributed by atoms with Gasteiger partial charge >= 0.3 is 0 Å². The molecule has 1 amide bonds. The average Bonchev–Trinajstić information content (AvgIpc) is 3.60. The lowest BCUT2D eigenvalue weighted by atomic mass is 10.1. The number of para-hydroxylation sites is 1. The van der Waals surface area contributed by atoms with Gasteiger partial charge in [0.2, 0.25) is 0 Å². The second-order valence-corrected chi connectivity index (χ2v) is 10.9. The SMILES string of the molecule is Cc1cc(I)ccc1Nc1cc(S(=O)(=O)Nc2ccccc2)ccc1C(=O)NOCC1CC1. The van der Waals surface area contributed by atoms with E-state index in [1.807, 2.05) is 31.2 Å². The van der Waals surface area contributed by atoms with Crippen molar-refractivity contribution in [3.63, 3.8) is 0 Å². The lowest BCUT2D eigenvalue weighted by Gasteiger charge is -2.16. The molecule has 1 saturated carbocycles. The van der Waals surface area contributed by atoms with Crippen LogP contribution in [-0.2, 0) is 14.9 Å². The fourth-order valence-corrected chi connectivity index (χ4v) is 4.92. The van der Waals surface area contributed by atoms with Crippen molar-refractivity contribution in [1.29, 1.82) is 0 Å². The van der Waals surface area contributed by atoms with E-state index in [-0.39, 0.29) is 10.5 Å². The van der Waals surface area contributed by atoms with E-state index in [4.69, 9.17) is 4.84 Å². The van der Waals surface area contributed by atoms with Crippen molar-refractivity contribution in [3.8, 4) is 0 Å². The molecule has 0 radical (unpaired) electrons. The van der Waals surface area contributed by atoms with Crippen LogP contribution in [0.15, 0.2) is 71.6 Å². The number of sulfonamides is 1. The molecule has 1 fully saturated rings. The third-order valence-electron chi connectivity index (χ3n) is 5.21. The van der Waals surface area contributed by atoms with Gasteiger partial charge in [0.1, 0.15) is 0 Å². The summed E-state index contributed by atoms with van der Waals surface area (Å²) in [4.78, 5) is 18.2. The van der Waals surface area contributed by atoms with E-state index in [1.165, 1.54) is 18.2 Å². The summed E-state index contributed by atoms with van der Waals surface area (Å²) in [6, 6.07) is 18.8. The normalized spacial score (nSPS) is 13.4. The second-order valence-electron chi connectivity index (χ2n) is 7.95. The van der Waals surface area contributed by atoms with E-state index in [9.17, 15) is 13.2 Å². The highest BCUT2D eigenvalue weighted by atomic mass is 127. The smallest absolute Gasteiger partial charge is 0.276 e. The van der Waals surface area contributed by atoms with Gasteiger partial charge in [-0.15, -0.1) is 0 Å². The molecule has 172 valence electrons. The average molecular weight is 577 g/mol. The van der Waals surface area contributed by atoms with Crippen LogP contribution < -0.4 is 15.5 Å². The van der Waals surface area contributed by atoms with Crippen molar-refractivity contribution in [2.24, 2.45) is 5.92 Å². The Balaban J connectivity index is 1.64. The molecule has 33 heavy (non-hydrogen) atoms. The van der Waals surface area contributed by atoms with Gasteiger partial charge in [0.25, 0.3) is 15.9 Å². The molecule has 0 aromatic heterocycles. The summed E-state index contributed by atoms with van der Waals surface area (Å²) >= 11 is 2.23. The number of carbonyl (C=O) groups is 1. The number of hydrogen-bond donors (Lipinski definition) is 3. The van der Waals surface area contributed by atoms with Gasteiger partial charge in [-0.05, 0) is 102 Å². The number of amides is 1. The van der Waals surface area contributed by atoms with Crippen LogP contribution in [0.4, 0.5) is 17.1 Å². The number of anilines is 3. The van der Waals surface area contributed by atoms with Gasteiger partial charge in [-0.3, -0.25) is 14.4 Å². The van der Waals surface area contributed by atoms with Crippen molar-refractivity contribution in [2.75, 3.05) is 16.6 Å². The molecule has 1 aliphatic rings. The zero-order chi connectivity index (χ0) is 23.4. The number of aryl methyl sites for hydroxylation is 1. The number of carbonyl (C=O) groups excluding carboxylic acids is 1. The summed E-state index contributed by atoms with van der Waals surface area (Å²) in [7, 11) is -3.86. The predicted octanol–water partition coefficient (Wildman–Crippen LogP) is 5.22. The second kappa shape index (κ2) is 10.1. The Labute approximate surface area is 207 Å². The van der Waals surface area contributed by atoms with E-state index in [2.05, 4.69) is 38.1 Å². The monoisotopic (exact) mass is 577 g/mol. The zero-order valence-corrected chi connectivity index (χ0v) is 20.9. The Morgan fingerprint density at radius 1 is 1.03 bits per heavy atom. The van der Waals surface area contributed by atoms with Gasteiger partial charge in [0.15, 0.2) is 0 Å². The number of hydroxylamine groups is 1. The number of benzene rings is 3. The van der Waals surface area contributed by atoms with Crippen LogP contribution >= 0.6 is 22.6 Å². The van der Waals surface area contributed by atoms with Gasteiger partial charge < -0.3 is 5.32 Å². The van der Waals surface area contributed by atoms with Gasteiger partial charge in [-0.25, -0.2) is 13.9 Å². The molecule has 4 rings (SSSR count). The van der Waals surface area contributed by atoms with E-state index < -0.39 is 15.9 Å². The highest BCUT2D eigenvalue weighted by Gasteiger charge is 2.23. The van der Waals surface area contributed by atoms with Gasteiger partial charge in [-0.2, -0.15) is 0 Å². The summed E-state index contributed by atoms with van der Waals surface area (Å²) in [6.07, 6.45) is 2.21. The van der Waals surface area contributed by atoms with Crippen LogP contribution in [0.25, 0.3) is 0 Å². The minimum atomic E-state index is -3.86. The maximum atomic E-state index is 13.0. The van der Waals surface area contributed by atoms with Crippen LogP contribution in [0.1, 0.15) is 28.8 Å². The molecule has 9 heteroatoms. The number of nitrogens with one attached hydrogen (secondary N) is 3. The Bertz CT molecular complexity index is 1260. The van der Waals surface area contributed by atoms with E-state index in [1.54, 1.807) is 24.3 Å². The molecule has 3 aromatic rings. The van der Waals surface area contributed by atoms with Crippen molar-refractivity contribution in [2.45, 2.75) is 24.7 Å². The third kappa shape index (κ3) is 6.24. The first kappa shape index (κ1) is 23.5. The van der Waals surface area contributed by atoms with Crippen LogP contribution in [-0.4, -0.2) is 20.9 Å². The lowest BCUT2D eigenvalue weighted by Crippen LogP contribution is -2.25. The minimum absolute atomic E-state index is 0.0347. The van der Waals surface area contributed by atoms with Crippen LogP contribution in [0, 0.1) is 16.4 Å². The lowest BCUT2D eigenvalue weighted by molar-refractivity contribution is 0.0271. The first-order valence-corrected chi connectivity index (χ1v) is 13.1. The van der Waals surface area contributed by atoms with Crippen molar-refractivity contribution >= 4 is 55.6 Å². The third-order valence-corrected chi connectivity index (χ3v) is 7.26. The molecule has 3 N–H and O–H groups in total. The molecular formula is C24H24IN3O4S. The Kier molecular flexibility index (Phi) is 7.20. The molecule has 1 aliphatic carbocycles. The molecule has 0 aliphatic heterocycles. The maximum absolute atomic E-state index is 13.0. The zero-order valence-electron chi connectivity index (χ0n) is 18.0. The number of halogens is 1. The first-order valence-electron chi connectivity index (χ1n) is 10.5. The highest BCUT2D eigenvalue weighted by Crippen LogP contribution is 2.30. The Morgan fingerprint density at radius 2 is 1.79 bits per heavy atom. The molecule has 0 bridgehead atoms. The molecule has 0 saturated heterocycles. The molecule has 0 spiro atoms. The highest BCUT2D eigenvalue weighted by molar-refractivity contribution is 14.1.